The summed E-state index contributed by atoms with van der Waals surface area (Å²) in [5.74, 6) is 0.822. The molecule has 1 aromatic heterocycles. The second-order valence-electron chi connectivity index (χ2n) is 9.95. The fourth-order valence-electron chi connectivity index (χ4n) is 5.39. The summed E-state index contributed by atoms with van der Waals surface area (Å²) in [6.07, 6.45) is 6.92. The first-order chi connectivity index (χ1) is 14.9. The number of hydrogen-bond acceptors (Lipinski definition) is 3. The van der Waals surface area contributed by atoms with Crippen molar-refractivity contribution in [3.8, 4) is 0 Å². The Morgan fingerprint density at radius 1 is 1.03 bits per heavy atom. The van der Waals surface area contributed by atoms with Gasteiger partial charge in [0.05, 0.1) is 5.52 Å². The molecule has 3 heterocycles. The number of carbonyl (C=O) groups is 2. The summed E-state index contributed by atoms with van der Waals surface area (Å²) >= 11 is 0. The topological polar surface area (TPSA) is 48.8 Å². The first-order valence-corrected chi connectivity index (χ1v) is 11.8. The average Bonchev–Trinajstić information content (AvgIpc) is 3.05. The van der Waals surface area contributed by atoms with Gasteiger partial charge in [0.1, 0.15) is 0 Å². The van der Waals surface area contributed by atoms with E-state index in [2.05, 4.69) is 17.9 Å². The van der Waals surface area contributed by atoms with Crippen LogP contribution in [-0.4, -0.2) is 71.0 Å². The van der Waals surface area contributed by atoms with Gasteiger partial charge in [0.25, 0.3) is 5.91 Å². The SMILES string of the molecule is CC1CCN(C(=O)c2ccc3c(c2)c2c(n3C(=O)N(C)C)CCN(C3CCC3)C2)CC1. The number of fused-ring (bicyclic) bond motifs is 3. The summed E-state index contributed by atoms with van der Waals surface area (Å²) < 4.78 is 1.89. The second kappa shape index (κ2) is 7.97. The van der Waals surface area contributed by atoms with Crippen LogP contribution in [0.5, 0.6) is 0 Å². The van der Waals surface area contributed by atoms with Crippen molar-refractivity contribution in [3.05, 3.63) is 35.0 Å². The average molecular weight is 423 g/mol. The zero-order valence-corrected chi connectivity index (χ0v) is 19.1. The number of carbonyl (C=O) groups excluding carboxylic acids is 2. The first kappa shape index (κ1) is 20.6. The Hall–Kier alpha value is -2.34. The minimum absolute atomic E-state index is 0.00700. The van der Waals surface area contributed by atoms with E-state index < -0.39 is 0 Å². The van der Waals surface area contributed by atoms with Gasteiger partial charge in [-0.1, -0.05) is 13.3 Å². The molecular formula is C25H34N4O2. The van der Waals surface area contributed by atoms with Gasteiger partial charge < -0.3 is 9.80 Å². The molecule has 1 saturated carbocycles. The van der Waals surface area contributed by atoms with E-state index in [9.17, 15) is 9.59 Å². The third-order valence-corrected chi connectivity index (χ3v) is 7.66. The van der Waals surface area contributed by atoms with E-state index in [0.29, 0.717) is 12.0 Å². The lowest BCUT2D eigenvalue weighted by molar-refractivity contribution is 0.0697. The van der Waals surface area contributed by atoms with E-state index >= 15 is 0 Å². The summed E-state index contributed by atoms with van der Waals surface area (Å²) in [6.45, 7) is 5.82. The molecule has 2 fully saturated rings. The Kier molecular flexibility index (Phi) is 5.29. The Morgan fingerprint density at radius 2 is 1.77 bits per heavy atom. The van der Waals surface area contributed by atoms with E-state index in [0.717, 1.165) is 67.6 Å². The maximum atomic E-state index is 13.2. The fraction of sp³-hybridized carbons (Fsp3) is 0.600. The highest BCUT2D eigenvalue weighted by atomic mass is 16.2. The standard InChI is InChI=1S/C25H34N4O2/c1-17-9-12-27(13-10-17)24(30)18-7-8-22-20(15-18)21-16-28(19-5-4-6-19)14-11-23(21)29(22)25(31)26(2)3/h7-8,15,17,19H,4-6,9-14,16H2,1-3H3. The molecule has 31 heavy (non-hydrogen) atoms. The molecule has 0 atom stereocenters. The minimum atomic E-state index is -0.00700. The molecule has 3 aliphatic rings. The van der Waals surface area contributed by atoms with Crippen molar-refractivity contribution in [2.75, 3.05) is 33.7 Å². The third-order valence-electron chi connectivity index (χ3n) is 7.66. The van der Waals surface area contributed by atoms with Gasteiger partial charge >= 0.3 is 6.03 Å². The lowest BCUT2D eigenvalue weighted by Crippen LogP contribution is -2.43. The van der Waals surface area contributed by atoms with E-state index in [1.807, 2.05) is 21.6 Å². The quantitative estimate of drug-likeness (QED) is 0.736. The summed E-state index contributed by atoms with van der Waals surface area (Å²) in [4.78, 5) is 32.5. The molecule has 1 aromatic carbocycles. The Morgan fingerprint density at radius 3 is 2.42 bits per heavy atom. The van der Waals surface area contributed by atoms with Crippen molar-refractivity contribution in [1.29, 1.82) is 0 Å². The summed E-state index contributed by atoms with van der Waals surface area (Å²) in [7, 11) is 3.61. The lowest BCUT2D eigenvalue weighted by atomic mass is 9.89. The molecule has 0 spiro atoms. The summed E-state index contributed by atoms with van der Waals surface area (Å²) in [6, 6.07) is 6.63. The molecule has 2 aliphatic heterocycles. The van der Waals surface area contributed by atoms with Gasteiger partial charge in [-0.3, -0.25) is 14.3 Å². The number of amides is 2. The highest BCUT2D eigenvalue weighted by molar-refractivity contribution is 6.02. The normalized spacial score (nSPS) is 20.5. The Bertz CT molecular complexity index is 1010. The number of piperidine rings is 1. The maximum Gasteiger partial charge on any atom is 0.328 e. The van der Waals surface area contributed by atoms with E-state index in [4.69, 9.17) is 0 Å². The lowest BCUT2D eigenvalue weighted by Gasteiger charge is -2.40. The van der Waals surface area contributed by atoms with Crippen LogP contribution in [0.25, 0.3) is 10.9 Å². The molecule has 0 N–H and O–H groups in total. The van der Waals surface area contributed by atoms with Crippen molar-refractivity contribution < 1.29 is 9.59 Å². The van der Waals surface area contributed by atoms with Crippen LogP contribution in [0.3, 0.4) is 0 Å². The molecule has 0 bridgehead atoms. The number of aromatic nitrogens is 1. The number of hydrogen-bond donors (Lipinski definition) is 0. The van der Waals surface area contributed by atoms with Gasteiger partial charge in [-0.2, -0.15) is 0 Å². The van der Waals surface area contributed by atoms with Gasteiger partial charge in [-0.15, -0.1) is 0 Å². The van der Waals surface area contributed by atoms with Crippen molar-refractivity contribution in [3.63, 3.8) is 0 Å². The van der Waals surface area contributed by atoms with Crippen LogP contribution in [0.4, 0.5) is 4.79 Å². The third kappa shape index (κ3) is 3.55. The molecule has 0 radical (unpaired) electrons. The van der Waals surface area contributed by atoms with Crippen molar-refractivity contribution in [2.45, 2.75) is 58.0 Å². The monoisotopic (exact) mass is 422 g/mol. The number of rotatable bonds is 2. The first-order valence-electron chi connectivity index (χ1n) is 11.8. The molecule has 6 heteroatoms. The molecule has 0 unspecified atom stereocenters. The second-order valence-corrected chi connectivity index (χ2v) is 9.95. The minimum Gasteiger partial charge on any atom is -0.339 e. The highest BCUT2D eigenvalue weighted by Gasteiger charge is 2.33. The molecule has 2 amide bonds. The largest absolute Gasteiger partial charge is 0.339 e. The highest BCUT2D eigenvalue weighted by Crippen LogP contribution is 2.36. The van der Waals surface area contributed by atoms with Gasteiger partial charge in [0.15, 0.2) is 0 Å². The van der Waals surface area contributed by atoms with E-state index in [1.54, 1.807) is 19.0 Å². The molecule has 1 saturated heterocycles. The fourth-order valence-corrected chi connectivity index (χ4v) is 5.39. The molecule has 1 aliphatic carbocycles. The van der Waals surface area contributed by atoms with Gasteiger partial charge in [0.2, 0.25) is 0 Å². The smallest absolute Gasteiger partial charge is 0.328 e. The summed E-state index contributed by atoms with van der Waals surface area (Å²) in [5.41, 5.74) is 4.05. The number of benzene rings is 1. The molecule has 2 aromatic rings. The molecule has 166 valence electrons. The van der Waals surface area contributed by atoms with Crippen molar-refractivity contribution in [1.82, 2.24) is 19.3 Å². The van der Waals surface area contributed by atoms with Crippen LogP contribution in [0, 0.1) is 5.92 Å². The Balaban J connectivity index is 1.55. The van der Waals surface area contributed by atoms with Gasteiger partial charge in [0, 0.05) is 69.4 Å². The maximum absolute atomic E-state index is 13.2. The molecule has 5 rings (SSSR count). The number of nitrogens with zero attached hydrogens (tertiary/aromatic N) is 4. The Labute approximate surface area is 184 Å². The van der Waals surface area contributed by atoms with Crippen molar-refractivity contribution in [2.24, 2.45) is 5.92 Å². The van der Waals surface area contributed by atoms with Crippen molar-refractivity contribution >= 4 is 22.8 Å². The molecular weight excluding hydrogens is 388 g/mol. The van der Waals surface area contributed by atoms with E-state index in [-0.39, 0.29) is 11.9 Å². The van der Waals surface area contributed by atoms with Crippen LogP contribution in [0.1, 0.15) is 60.6 Å². The summed E-state index contributed by atoms with van der Waals surface area (Å²) in [5, 5.41) is 1.07. The van der Waals surface area contributed by atoms with Gasteiger partial charge in [-0.05, 0) is 55.4 Å². The van der Waals surface area contributed by atoms with Crippen LogP contribution < -0.4 is 0 Å². The predicted octanol–water partition coefficient (Wildman–Crippen LogP) is 3.95. The van der Waals surface area contributed by atoms with E-state index in [1.165, 1.54) is 24.8 Å². The van der Waals surface area contributed by atoms with Crippen LogP contribution >= 0.6 is 0 Å². The van der Waals surface area contributed by atoms with Crippen LogP contribution in [0.15, 0.2) is 18.2 Å². The zero-order chi connectivity index (χ0) is 21.7. The zero-order valence-electron chi connectivity index (χ0n) is 19.1. The van der Waals surface area contributed by atoms with Gasteiger partial charge in [-0.25, -0.2) is 4.79 Å². The van der Waals surface area contributed by atoms with Crippen LogP contribution in [0.2, 0.25) is 0 Å². The van der Waals surface area contributed by atoms with Crippen LogP contribution in [-0.2, 0) is 13.0 Å². The predicted molar refractivity (Wildman–Crippen MR) is 122 cm³/mol. The number of likely N-dealkylation sites (tertiary alicyclic amines) is 1. The molecule has 6 nitrogen and oxygen atoms in total.